The van der Waals surface area contributed by atoms with E-state index in [-0.39, 0.29) is 24.3 Å². The third-order valence-corrected chi connectivity index (χ3v) is 4.26. The first-order chi connectivity index (χ1) is 7.20. The van der Waals surface area contributed by atoms with Gasteiger partial charge in [0.15, 0.2) is 5.34 Å². The van der Waals surface area contributed by atoms with Crippen molar-refractivity contribution in [3.63, 3.8) is 0 Å². The van der Waals surface area contributed by atoms with Gasteiger partial charge in [0, 0.05) is 6.42 Å². The first kappa shape index (κ1) is 15.7. The number of esters is 1. The second-order valence-corrected chi connectivity index (χ2v) is 7.27. The van der Waals surface area contributed by atoms with E-state index >= 15 is 0 Å². The van der Waals surface area contributed by atoms with Crippen molar-refractivity contribution in [3.8, 4) is 0 Å². The van der Waals surface area contributed by atoms with E-state index in [2.05, 4.69) is 0 Å². The molecule has 0 heterocycles. The summed E-state index contributed by atoms with van der Waals surface area (Å²) < 4.78 is 22.8. The van der Waals surface area contributed by atoms with E-state index in [4.69, 9.17) is 9.47 Å². The number of rotatable bonds is 6. The summed E-state index contributed by atoms with van der Waals surface area (Å²) in [6.45, 7) is 10.6. The highest BCUT2D eigenvalue weighted by molar-refractivity contribution is 7.46. The third kappa shape index (κ3) is 5.13. The van der Waals surface area contributed by atoms with Crippen molar-refractivity contribution in [1.82, 2.24) is 0 Å². The Bertz CT molecular complexity index is 261. The van der Waals surface area contributed by atoms with Gasteiger partial charge >= 0.3 is 5.97 Å². The minimum absolute atomic E-state index is 0.0154. The summed E-state index contributed by atoms with van der Waals surface area (Å²) in [5, 5.41) is -0.938. The standard InChI is InChI=1S/C11H23O4P/c1-7-10(12)15-11(5,6)16(13)9(4)14-8(2)3/h8-9,16H,7H2,1-6H3. The van der Waals surface area contributed by atoms with Gasteiger partial charge in [0.05, 0.1) is 6.10 Å². The van der Waals surface area contributed by atoms with Gasteiger partial charge in [0.2, 0.25) is 0 Å². The lowest BCUT2D eigenvalue weighted by Crippen LogP contribution is -2.28. The summed E-state index contributed by atoms with van der Waals surface area (Å²) >= 11 is 0. The van der Waals surface area contributed by atoms with E-state index in [1.54, 1.807) is 27.7 Å². The Morgan fingerprint density at radius 2 is 1.81 bits per heavy atom. The van der Waals surface area contributed by atoms with Crippen molar-refractivity contribution >= 4 is 13.8 Å². The van der Waals surface area contributed by atoms with Crippen LogP contribution in [0.5, 0.6) is 0 Å². The summed E-state index contributed by atoms with van der Waals surface area (Å²) in [7, 11) is -2.16. The van der Waals surface area contributed by atoms with Gasteiger partial charge in [-0.2, -0.15) is 0 Å². The zero-order valence-corrected chi connectivity index (χ0v) is 12.0. The van der Waals surface area contributed by atoms with Crippen LogP contribution >= 0.6 is 7.80 Å². The molecule has 0 aromatic carbocycles. The average Bonchev–Trinajstić information content (AvgIpc) is 2.14. The molecule has 5 heteroatoms. The smallest absolute Gasteiger partial charge is 0.306 e. The molecule has 0 rings (SSSR count). The number of hydrogen-bond acceptors (Lipinski definition) is 4. The summed E-state index contributed by atoms with van der Waals surface area (Å²) in [5.41, 5.74) is 0. The predicted molar refractivity (Wildman–Crippen MR) is 65.1 cm³/mol. The molecule has 0 saturated heterocycles. The molecule has 0 N–H and O–H groups in total. The van der Waals surface area contributed by atoms with Crippen molar-refractivity contribution in [2.45, 2.75) is 65.3 Å². The van der Waals surface area contributed by atoms with E-state index in [9.17, 15) is 9.36 Å². The third-order valence-electron chi connectivity index (χ3n) is 2.10. The largest absolute Gasteiger partial charge is 0.452 e. The molecule has 0 amide bonds. The normalized spacial score (nSPS) is 15.9. The maximum atomic E-state index is 12.1. The molecule has 0 spiro atoms. The fourth-order valence-electron chi connectivity index (χ4n) is 1.37. The molecule has 0 aliphatic heterocycles. The van der Waals surface area contributed by atoms with Crippen LogP contribution in [-0.2, 0) is 18.8 Å². The lowest BCUT2D eigenvalue weighted by Gasteiger charge is -2.28. The summed E-state index contributed by atoms with van der Waals surface area (Å²) in [5.74, 6) is -0.718. The number of carbonyl (C=O) groups excluding carboxylic acids is 1. The number of carbonyl (C=O) groups is 1. The van der Waals surface area contributed by atoms with E-state index in [0.29, 0.717) is 0 Å². The fraction of sp³-hybridized carbons (Fsp3) is 0.909. The lowest BCUT2D eigenvalue weighted by molar-refractivity contribution is -0.149. The fourth-order valence-corrected chi connectivity index (χ4v) is 2.96. The Morgan fingerprint density at radius 3 is 2.19 bits per heavy atom. The molecular weight excluding hydrogens is 227 g/mol. The van der Waals surface area contributed by atoms with Gasteiger partial charge in [-0.25, -0.2) is 0 Å². The molecule has 96 valence electrons. The Labute approximate surface area is 98.5 Å². The molecular formula is C11H23O4P. The van der Waals surface area contributed by atoms with Crippen LogP contribution in [0.1, 0.15) is 48.0 Å². The van der Waals surface area contributed by atoms with Crippen LogP contribution in [-0.4, -0.2) is 23.3 Å². The molecule has 2 unspecified atom stereocenters. The summed E-state index contributed by atoms with van der Waals surface area (Å²) in [6, 6.07) is 0. The molecule has 2 atom stereocenters. The van der Waals surface area contributed by atoms with E-state index < -0.39 is 13.1 Å². The topological polar surface area (TPSA) is 52.6 Å². The van der Waals surface area contributed by atoms with E-state index in [1.165, 1.54) is 0 Å². The second kappa shape index (κ2) is 6.41. The van der Waals surface area contributed by atoms with Gasteiger partial charge in [0.1, 0.15) is 13.6 Å². The van der Waals surface area contributed by atoms with Crippen molar-refractivity contribution < 1.29 is 18.8 Å². The molecule has 16 heavy (non-hydrogen) atoms. The van der Waals surface area contributed by atoms with Gasteiger partial charge in [-0.15, -0.1) is 0 Å². The molecule has 0 aromatic rings. The minimum atomic E-state index is -2.16. The quantitative estimate of drug-likeness (QED) is 0.537. The van der Waals surface area contributed by atoms with Crippen molar-refractivity contribution in [2.24, 2.45) is 0 Å². The van der Waals surface area contributed by atoms with Gasteiger partial charge in [-0.3, -0.25) is 4.79 Å². The molecule has 0 bridgehead atoms. The highest BCUT2D eigenvalue weighted by atomic mass is 31.1. The van der Waals surface area contributed by atoms with Crippen LogP contribution in [0.3, 0.4) is 0 Å². The molecule has 0 saturated carbocycles. The van der Waals surface area contributed by atoms with Crippen molar-refractivity contribution in [2.75, 3.05) is 0 Å². The molecule has 0 aromatic heterocycles. The Kier molecular flexibility index (Phi) is 6.27. The van der Waals surface area contributed by atoms with Crippen molar-refractivity contribution in [1.29, 1.82) is 0 Å². The van der Waals surface area contributed by atoms with Crippen LogP contribution in [0, 0.1) is 0 Å². The van der Waals surface area contributed by atoms with Gasteiger partial charge < -0.3 is 14.0 Å². The molecule has 0 fully saturated rings. The highest BCUT2D eigenvalue weighted by Crippen LogP contribution is 2.44. The van der Waals surface area contributed by atoms with Crippen LogP contribution in [0.4, 0.5) is 0 Å². The Balaban J connectivity index is 4.50. The Morgan fingerprint density at radius 1 is 1.31 bits per heavy atom. The van der Waals surface area contributed by atoms with Crippen LogP contribution in [0.2, 0.25) is 0 Å². The lowest BCUT2D eigenvalue weighted by atomic mass is 10.4. The Hall–Kier alpha value is -0.340. The molecule has 0 aliphatic rings. The first-order valence-electron chi connectivity index (χ1n) is 5.62. The van der Waals surface area contributed by atoms with Gasteiger partial charge in [0.25, 0.3) is 0 Å². The van der Waals surface area contributed by atoms with Crippen LogP contribution in [0.25, 0.3) is 0 Å². The predicted octanol–water partition coefficient (Wildman–Crippen LogP) is 3.01. The van der Waals surface area contributed by atoms with Gasteiger partial charge in [-0.05, 0) is 34.6 Å². The summed E-state index contributed by atoms with van der Waals surface area (Å²) in [6.07, 6.45) is 0.305. The molecule has 0 aliphatic carbocycles. The zero-order valence-electron chi connectivity index (χ0n) is 11.0. The highest BCUT2D eigenvalue weighted by Gasteiger charge is 2.34. The first-order valence-corrected chi connectivity index (χ1v) is 7.10. The minimum Gasteiger partial charge on any atom is -0.452 e. The molecule has 4 nitrogen and oxygen atoms in total. The number of ether oxygens (including phenoxy) is 2. The monoisotopic (exact) mass is 250 g/mol. The molecule has 0 radical (unpaired) electrons. The van der Waals surface area contributed by atoms with E-state index in [1.807, 2.05) is 13.8 Å². The maximum absolute atomic E-state index is 12.1. The second-order valence-electron chi connectivity index (χ2n) is 4.53. The van der Waals surface area contributed by atoms with Crippen molar-refractivity contribution in [3.05, 3.63) is 0 Å². The number of hydrogen-bond donors (Lipinski definition) is 0. The van der Waals surface area contributed by atoms with Crippen LogP contribution < -0.4 is 0 Å². The van der Waals surface area contributed by atoms with E-state index in [0.717, 1.165) is 0 Å². The zero-order chi connectivity index (χ0) is 12.9. The maximum Gasteiger partial charge on any atom is 0.306 e. The summed E-state index contributed by atoms with van der Waals surface area (Å²) in [4.78, 5) is 11.2. The van der Waals surface area contributed by atoms with Crippen LogP contribution in [0.15, 0.2) is 0 Å². The SMILES string of the molecule is CCC(=O)OC(C)(C)[PH](=O)C(C)OC(C)C. The van der Waals surface area contributed by atoms with Gasteiger partial charge in [-0.1, -0.05) is 6.92 Å². The average molecular weight is 250 g/mol.